The lowest BCUT2D eigenvalue weighted by molar-refractivity contribution is -0.134. The number of carbonyl (C=O) groups is 2. The van der Waals surface area contributed by atoms with Gasteiger partial charge in [-0.3, -0.25) is 9.59 Å². The Morgan fingerprint density at radius 1 is 1.12 bits per heavy atom. The van der Waals surface area contributed by atoms with E-state index < -0.39 is 22.0 Å². The molecule has 1 aliphatic heterocycles. The van der Waals surface area contributed by atoms with E-state index in [0.29, 0.717) is 53.7 Å². The summed E-state index contributed by atoms with van der Waals surface area (Å²) in [4.78, 5) is 28.2. The molecule has 3 atom stereocenters. The van der Waals surface area contributed by atoms with E-state index in [2.05, 4.69) is 46.9 Å². The van der Waals surface area contributed by atoms with Crippen LogP contribution in [-0.2, 0) is 27.9 Å². The van der Waals surface area contributed by atoms with Gasteiger partial charge in [0.05, 0.1) is 30.1 Å². The fourth-order valence-corrected chi connectivity index (χ4v) is 5.63. The number of carbonyl (C=O) groups excluding carboxylic acids is 2. The lowest BCUT2D eigenvalue weighted by atomic mass is 10.1. The van der Waals surface area contributed by atoms with Crippen LogP contribution in [0.5, 0.6) is 0 Å². The Labute approximate surface area is 234 Å². The van der Waals surface area contributed by atoms with Crippen LogP contribution in [0.3, 0.4) is 0 Å². The standard InChI is InChI=1S/C29H32N6O4S/c1-19-5-9-21(10-6-19)24-14-26(24)31-13-3-4-25(32-28(36)22-11-7-20(15-30)8-12-22)29(37)34-16-23-17-35(40(2,38)39)33-27(23)18-34/h5-12,17,24-26,31H,3-4,13-14,16,18H2,1-2H3,(H,32,36)/t24-,25-,26+/m0/s1. The lowest BCUT2D eigenvalue weighted by Crippen LogP contribution is -2.47. The lowest BCUT2D eigenvalue weighted by Gasteiger charge is -2.24. The summed E-state index contributed by atoms with van der Waals surface area (Å²) < 4.78 is 24.6. The van der Waals surface area contributed by atoms with E-state index in [-0.39, 0.29) is 19.0 Å². The van der Waals surface area contributed by atoms with Gasteiger partial charge in [-0.25, -0.2) is 8.42 Å². The van der Waals surface area contributed by atoms with Crippen LogP contribution in [0.4, 0.5) is 0 Å². The zero-order valence-corrected chi connectivity index (χ0v) is 23.3. The summed E-state index contributed by atoms with van der Waals surface area (Å²) in [6, 6.07) is 16.5. The van der Waals surface area contributed by atoms with Crippen molar-refractivity contribution in [3.63, 3.8) is 0 Å². The molecule has 1 aromatic heterocycles. The number of hydrogen-bond donors (Lipinski definition) is 2. The zero-order chi connectivity index (χ0) is 28.4. The number of fused-ring (bicyclic) bond motifs is 1. The third kappa shape index (κ3) is 6.24. The first-order valence-corrected chi connectivity index (χ1v) is 15.1. The van der Waals surface area contributed by atoms with Gasteiger partial charge in [0, 0.05) is 35.8 Å². The molecule has 208 valence electrons. The van der Waals surface area contributed by atoms with Crippen LogP contribution < -0.4 is 10.6 Å². The van der Waals surface area contributed by atoms with Gasteiger partial charge in [0.2, 0.25) is 5.91 Å². The molecule has 0 saturated heterocycles. The monoisotopic (exact) mass is 560 g/mol. The van der Waals surface area contributed by atoms with Crippen molar-refractivity contribution >= 4 is 21.8 Å². The molecular weight excluding hydrogens is 528 g/mol. The molecule has 10 nitrogen and oxygen atoms in total. The molecule has 40 heavy (non-hydrogen) atoms. The predicted octanol–water partition coefficient (Wildman–Crippen LogP) is 2.44. The number of nitrogens with one attached hydrogen (secondary N) is 2. The maximum Gasteiger partial charge on any atom is 0.251 e. The Morgan fingerprint density at radius 3 is 2.50 bits per heavy atom. The normalized spacial score (nSPS) is 18.6. The summed E-state index contributed by atoms with van der Waals surface area (Å²) in [5.41, 5.74) is 4.59. The number of rotatable bonds is 10. The Hall–Kier alpha value is -4.01. The average Bonchev–Trinajstić information content (AvgIpc) is 3.40. The van der Waals surface area contributed by atoms with Crippen LogP contribution in [0.15, 0.2) is 54.7 Å². The van der Waals surface area contributed by atoms with Gasteiger partial charge < -0.3 is 15.5 Å². The number of hydrogen-bond acceptors (Lipinski definition) is 7. The van der Waals surface area contributed by atoms with E-state index in [4.69, 9.17) is 5.26 Å². The third-order valence-corrected chi connectivity index (χ3v) is 8.33. The molecule has 0 spiro atoms. The molecule has 2 amide bonds. The van der Waals surface area contributed by atoms with Crippen molar-refractivity contribution in [1.29, 1.82) is 5.26 Å². The number of aromatic nitrogens is 2. The molecule has 0 radical (unpaired) electrons. The van der Waals surface area contributed by atoms with Gasteiger partial charge in [0.15, 0.2) is 0 Å². The van der Waals surface area contributed by atoms with Crippen LogP contribution in [0, 0.1) is 18.3 Å². The number of benzene rings is 2. The molecule has 1 aliphatic carbocycles. The maximum atomic E-state index is 13.6. The second-order valence-electron chi connectivity index (χ2n) is 10.6. The Morgan fingerprint density at radius 2 is 1.85 bits per heavy atom. The Bertz CT molecular complexity index is 1530. The molecule has 1 fully saturated rings. The molecule has 0 unspecified atom stereocenters. The maximum absolute atomic E-state index is 13.6. The molecule has 2 aliphatic rings. The van der Waals surface area contributed by atoms with E-state index in [9.17, 15) is 18.0 Å². The highest BCUT2D eigenvalue weighted by Gasteiger charge is 2.38. The van der Waals surface area contributed by atoms with Gasteiger partial charge in [0.25, 0.3) is 15.9 Å². The summed E-state index contributed by atoms with van der Waals surface area (Å²) in [7, 11) is -3.51. The van der Waals surface area contributed by atoms with Crippen LogP contribution in [0.1, 0.15) is 63.5 Å². The fourth-order valence-electron chi connectivity index (χ4n) is 5.06. The van der Waals surface area contributed by atoms with Crippen molar-refractivity contribution in [3.05, 3.63) is 88.2 Å². The van der Waals surface area contributed by atoms with E-state index in [1.807, 2.05) is 6.07 Å². The molecule has 3 aromatic rings. The van der Waals surface area contributed by atoms with Crippen LogP contribution in [0.25, 0.3) is 0 Å². The smallest absolute Gasteiger partial charge is 0.251 e. The first-order chi connectivity index (χ1) is 19.1. The van der Waals surface area contributed by atoms with Gasteiger partial charge in [-0.1, -0.05) is 29.8 Å². The van der Waals surface area contributed by atoms with Gasteiger partial charge >= 0.3 is 0 Å². The number of nitrogens with zero attached hydrogens (tertiary/aromatic N) is 4. The van der Waals surface area contributed by atoms with Crippen molar-refractivity contribution in [3.8, 4) is 6.07 Å². The average molecular weight is 561 g/mol. The Balaban J connectivity index is 1.20. The van der Waals surface area contributed by atoms with Crippen molar-refractivity contribution < 1.29 is 18.0 Å². The fraction of sp³-hybridized carbons (Fsp3) is 0.379. The second kappa shape index (κ2) is 11.2. The Kier molecular flexibility index (Phi) is 7.74. The third-order valence-electron chi connectivity index (χ3n) is 7.46. The summed E-state index contributed by atoms with van der Waals surface area (Å²) in [6.07, 6.45) is 4.71. The summed E-state index contributed by atoms with van der Waals surface area (Å²) in [5, 5.41) is 19.6. The van der Waals surface area contributed by atoms with Crippen molar-refractivity contribution in [2.75, 3.05) is 12.8 Å². The molecule has 2 aromatic carbocycles. The second-order valence-corrected chi connectivity index (χ2v) is 12.4. The molecule has 2 heterocycles. The van der Waals surface area contributed by atoms with Crippen LogP contribution >= 0.6 is 0 Å². The van der Waals surface area contributed by atoms with E-state index >= 15 is 0 Å². The van der Waals surface area contributed by atoms with Crippen molar-refractivity contribution in [2.24, 2.45) is 0 Å². The van der Waals surface area contributed by atoms with E-state index in [0.717, 1.165) is 16.8 Å². The van der Waals surface area contributed by atoms with Gasteiger partial charge in [-0.05, 0) is 62.6 Å². The van der Waals surface area contributed by atoms with E-state index in [1.54, 1.807) is 29.2 Å². The molecule has 11 heteroatoms. The highest BCUT2D eigenvalue weighted by atomic mass is 32.2. The molecular formula is C29H32N6O4S. The minimum absolute atomic E-state index is 0.179. The predicted molar refractivity (Wildman–Crippen MR) is 149 cm³/mol. The first kappa shape index (κ1) is 27.6. The minimum atomic E-state index is -3.51. The first-order valence-electron chi connectivity index (χ1n) is 13.3. The van der Waals surface area contributed by atoms with Gasteiger partial charge in [0.1, 0.15) is 6.04 Å². The van der Waals surface area contributed by atoms with Crippen LogP contribution in [0.2, 0.25) is 0 Å². The quantitative estimate of drug-likeness (QED) is 0.363. The molecule has 0 bridgehead atoms. The van der Waals surface area contributed by atoms with E-state index in [1.165, 1.54) is 17.3 Å². The van der Waals surface area contributed by atoms with Gasteiger partial charge in [-0.2, -0.15) is 14.4 Å². The SMILES string of the molecule is Cc1ccc([C@@H]2C[C@H]2NCCC[C@H](NC(=O)c2ccc(C#N)cc2)C(=O)N2Cc3cn(S(C)(=O)=O)nc3C2)cc1. The number of nitriles is 1. The van der Waals surface area contributed by atoms with Crippen LogP contribution in [-0.4, -0.2) is 59.2 Å². The summed E-state index contributed by atoms with van der Waals surface area (Å²) in [6.45, 7) is 3.20. The minimum Gasteiger partial charge on any atom is -0.340 e. The molecule has 1 saturated carbocycles. The summed E-state index contributed by atoms with van der Waals surface area (Å²) >= 11 is 0. The van der Waals surface area contributed by atoms with Gasteiger partial charge in [-0.15, -0.1) is 0 Å². The molecule has 5 rings (SSSR count). The number of aryl methyl sites for hydroxylation is 1. The van der Waals surface area contributed by atoms with Crippen molar-refractivity contribution in [1.82, 2.24) is 24.7 Å². The number of amides is 2. The van der Waals surface area contributed by atoms with Crippen molar-refractivity contribution in [2.45, 2.75) is 57.3 Å². The highest BCUT2D eigenvalue weighted by Crippen LogP contribution is 2.40. The summed E-state index contributed by atoms with van der Waals surface area (Å²) in [5.74, 6) is -0.134. The highest BCUT2D eigenvalue weighted by molar-refractivity contribution is 7.89. The zero-order valence-electron chi connectivity index (χ0n) is 22.5. The largest absolute Gasteiger partial charge is 0.340 e. The topological polar surface area (TPSA) is 137 Å². The molecule has 2 N–H and O–H groups in total.